The molecule has 0 unspecified atom stereocenters. The van der Waals surface area contributed by atoms with Crippen LogP contribution >= 0.6 is 0 Å². The molecule has 1 saturated carbocycles. The molecule has 4 heteroatoms. The summed E-state index contributed by atoms with van der Waals surface area (Å²) in [5, 5.41) is 5.98. The zero-order valence-electron chi connectivity index (χ0n) is 15.3. The van der Waals surface area contributed by atoms with Gasteiger partial charge in [-0.15, -0.1) is 0 Å². The van der Waals surface area contributed by atoms with E-state index in [9.17, 15) is 9.59 Å². The van der Waals surface area contributed by atoms with E-state index in [1.165, 1.54) is 18.4 Å². The van der Waals surface area contributed by atoms with Gasteiger partial charge in [0.15, 0.2) is 0 Å². The summed E-state index contributed by atoms with van der Waals surface area (Å²) in [6.45, 7) is 2.05. The second-order valence-corrected chi connectivity index (χ2v) is 7.03. The van der Waals surface area contributed by atoms with Crippen LogP contribution in [0.25, 0.3) is 0 Å². The van der Waals surface area contributed by atoms with Crippen LogP contribution in [-0.2, 0) is 11.2 Å². The zero-order chi connectivity index (χ0) is 18.4. The minimum absolute atomic E-state index is 0.0771. The Balaban J connectivity index is 1.59. The van der Waals surface area contributed by atoms with E-state index in [0.29, 0.717) is 24.1 Å². The molecule has 2 aromatic carbocycles. The molecule has 26 heavy (non-hydrogen) atoms. The number of aryl methyl sites for hydroxylation is 2. The number of benzene rings is 2. The van der Waals surface area contributed by atoms with Crippen molar-refractivity contribution >= 4 is 17.5 Å². The molecule has 2 aromatic rings. The molecular formula is C22H26N2O2. The number of hydrogen-bond donors (Lipinski definition) is 2. The van der Waals surface area contributed by atoms with Gasteiger partial charge in [0.1, 0.15) is 0 Å². The van der Waals surface area contributed by atoms with Crippen molar-refractivity contribution in [2.24, 2.45) is 0 Å². The standard InChI is InChI=1S/C22H26N2O2/c1-16-10-12-17(13-11-16)14-15-21(25)24-20-9-5-4-8-19(20)22(26)23-18-6-2-3-7-18/h4-5,8-13,18H,2-3,6-7,14-15H2,1H3,(H,23,26)(H,24,25). The summed E-state index contributed by atoms with van der Waals surface area (Å²) in [5.74, 6) is -0.182. The van der Waals surface area contributed by atoms with Gasteiger partial charge in [0, 0.05) is 12.5 Å². The summed E-state index contributed by atoms with van der Waals surface area (Å²) in [6.07, 6.45) is 5.49. The zero-order valence-corrected chi connectivity index (χ0v) is 15.3. The van der Waals surface area contributed by atoms with Gasteiger partial charge in [-0.2, -0.15) is 0 Å². The Hall–Kier alpha value is -2.62. The maximum Gasteiger partial charge on any atom is 0.253 e. The van der Waals surface area contributed by atoms with Gasteiger partial charge in [-0.1, -0.05) is 54.8 Å². The Bertz CT molecular complexity index is 762. The van der Waals surface area contributed by atoms with Crippen molar-refractivity contribution in [1.82, 2.24) is 5.32 Å². The van der Waals surface area contributed by atoms with Crippen molar-refractivity contribution in [3.63, 3.8) is 0 Å². The van der Waals surface area contributed by atoms with Crippen molar-refractivity contribution in [1.29, 1.82) is 0 Å². The Morgan fingerprint density at radius 3 is 2.42 bits per heavy atom. The average molecular weight is 350 g/mol. The van der Waals surface area contributed by atoms with E-state index < -0.39 is 0 Å². The Morgan fingerprint density at radius 2 is 1.69 bits per heavy atom. The average Bonchev–Trinajstić information content (AvgIpc) is 3.14. The normalized spacial score (nSPS) is 14.2. The van der Waals surface area contributed by atoms with Crippen molar-refractivity contribution in [3.05, 3.63) is 65.2 Å². The fraction of sp³-hybridized carbons (Fsp3) is 0.364. The third kappa shape index (κ3) is 4.94. The highest BCUT2D eigenvalue weighted by atomic mass is 16.2. The third-order valence-electron chi connectivity index (χ3n) is 4.90. The molecule has 3 rings (SSSR count). The van der Waals surface area contributed by atoms with Crippen LogP contribution in [0.4, 0.5) is 5.69 Å². The predicted molar refractivity (Wildman–Crippen MR) is 104 cm³/mol. The fourth-order valence-corrected chi connectivity index (χ4v) is 3.35. The smallest absolute Gasteiger partial charge is 0.253 e. The maximum atomic E-state index is 12.6. The van der Waals surface area contributed by atoms with E-state index in [0.717, 1.165) is 18.4 Å². The highest BCUT2D eigenvalue weighted by Gasteiger charge is 2.20. The number of anilines is 1. The van der Waals surface area contributed by atoms with Crippen molar-refractivity contribution in [3.8, 4) is 0 Å². The molecule has 2 amide bonds. The largest absolute Gasteiger partial charge is 0.349 e. The Kier molecular flexibility index (Phi) is 6.05. The van der Waals surface area contributed by atoms with E-state index in [4.69, 9.17) is 0 Å². The first-order chi connectivity index (χ1) is 12.6. The maximum absolute atomic E-state index is 12.6. The molecule has 0 bridgehead atoms. The number of carbonyl (C=O) groups is 2. The topological polar surface area (TPSA) is 58.2 Å². The number of nitrogens with one attached hydrogen (secondary N) is 2. The molecule has 0 heterocycles. The summed E-state index contributed by atoms with van der Waals surface area (Å²) >= 11 is 0. The molecule has 1 aliphatic rings. The second kappa shape index (κ2) is 8.65. The van der Waals surface area contributed by atoms with Gasteiger partial charge < -0.3 is 10.6 Å². The molecule has 0 radical (unpaired) electrons. The van der Waals surface area contributed by atoms with Crippen LogP contribution in [0.2, 0.25) is 0 Å². The number of para-hydroxylation sites is 1. The number of amides is 2. The molecule has 1 aliphatic carbocycles. The number of carbonyl (C=O) groups excluding carboxylic acids is 2. The fourth-order valence-electron chi connectivity index (χ4n) is 3.35. The van der Waals surface area contributed by atoms with Crippen LogP contribution in [0.3, 0.4) is 0 Å². The first-order valence-electron chi connectivity index (χ1n) is 9.37. The van der Waals surface area contributed by atoms with Crippen molar-refractivity contribution in [2.75, 3.05) is 5.32 Å². The van der Waals surface area contributed by atoms with Gasteiger partial charge in [-0.25, -0.2) is 0 Å². The van der Waals surface area contributed by atoms with Gasteiger partial charge in [0.05, 0.1) is 11.3 Å². The summed E-state index contributed by atoms with van der Waals surface area (Å²) in [7, 11) is 0. The van der Waals surface area contributed by atoms with E-state index in [-0.39, 0.29) is 17.9 Å². The molecule has 0 spiro atoms. The minimum atomic E-state index is -0.105. The monoisotopic (exact) mass is 350 g/mol. The molecule has 136 valence electrons. The van der Waals surface area contributed by atoms with Gasteiger partial charge in [0.25, 0.3) is 5.91 Å². The van der Waals surface area contributed by atoms with Gasteiger partial charge >= 0.3 is 0 Å². The van der Waals surface area contributed by atoms with Gasteiger partial charge in [-0.3, -0.25) is 9.59 Å². The lowest BCUT2D eigenvalue weighted by Gasteiger charge is -2.15. The van der Waals surface area contributed by atoms with Gasteiger partial charge in [0.2, 0.25) is 5.91 Å². The molecule has 0 saturated heterocycles. The quantitative estimate of drug-likeness (QED) is 0.819. The lowest BCUT2D eigenvalue weighted by atomic mass is 10.1. The summed E-state index contributed by atoms with van der Waals surface area (Å²) in [5.41, 5.74) is 3.46. The number of hydrogen-bond acceptors (Lipinski definition) is 2. The van der Waals surface area contributed by atoms with E-state index in [1.54, 1.807) is 12.1 Å². The minimum Gasteiger partial charge on any atom is -0.349 e. The summed E-state index contributed by atoms with van der Waals surface area (Å²) < 4.78 is 0. The van der Waals surface area contributed by atoms with E-state index >= 15 is 0 Å². The number of rotatable bonds is 6. The van der Waals surface area contributed by atoms with Crippen LogP contribution in [0, 0.1) is 6.92 Å². The summed E-state index contributed by atoms with van der Waals surface area (Å²) in [4.78, 5) is 24.9. The Morgan fingerprint density at radius 1 is 1.00 bits per heavy atom. The Labute approximate surface area is 155 Å². The first kappa shape index (κ1) is 18.2. The van der Waals surface area contributed by atoms with Crippen LogP contribution < -0.4 is 10.6 Å². The van der Waals surface area contributed by atoms with Crippen LogP contribution in [0.15, 0.2) is 48.5 Å². The van der Waals surface area contributed by atoms with Crippen molar-refractivity contribution in [2.45, 2.75) is 51.5 Å². The molecule has 4 nitrogen and oxygen atoms in total. The lowest BCUT2D eigenvalue weighted by molar-refractivity contribution is -0.116. The highest BCUT2D eigenvalue weighted by Crippen LogP contribution is 2.20. The molecule has 0 aromatic heterocycles. The lowest BCUT2D eigenvalue weighted by Crippen LogP contribution is -2.33. The van der Waals surface area contributed by atoms with E-state index in [1.807, 2.05) is 31.2 Å². The predicted octanol–water partition coefficient (Wildman–Crippen LogP) is 4.24. The molecule has 0 atom stereocenters. The van der Waals surface area contributed by atoms with Crippen molar-refractivity contribution < 1.29 is 9.59 Å². The van der Waals surface area contributed by atoms with Crippen LogP contribution in [0.5, 0.6) is 0 Å². The third-order valence-corrected chi connectivity index (χ3v) is 4.90. The van der Waals surface area contributed by atoms with Crippen LogP contribution in [0.1, 0.15) is 53.6 Å². The SMILES string of the molecule is Cc1ccc(CCC(=O)Nc2ccccc2C(=O)NC2CCCC2)cc1. The molecule has 0 aliphatic heterocycles. The molecular weight excluding hydrogens is 324 g/mol. The highest BCUT2D eigenvalue weighted by molar-refractivity contribution is 6.03. The molecule has 1 fully saturated rings. The van der Waals surface area contributed by atoms with Gasteiger partial charge in [-0.05, 0) is 43.9 Å². The van der Waals surface area contributed by atoms with E-state index in [2.05, 4.69) is 22.8 Å². The van der Waals surface area contributed by atoms with Crippen LogP contribution in [-0.4, -0.2) is 17.9 Å². The first-order valence-corrected chi connectivity index (χ1v) is 9.37. The molecule has 2 N–H and O–H groups in total. The summed E-state index contributed by atoms with van der Waals surface area (Å²) in [6, 6.07) is 15.7. The second-order valence-electron chi connectivity index (χ2n) is 7.03.